The Hall–Kier alpha value is -1.69. The average molecular weight is 389 g/mol. The summed E-state index contributed by atoms with van der Waals surface area (Å²) in [5, 5.41) is 0.761. The standard InChI is InChI=1S/C20H21ClN2O2S/c1-25-26-18-6-4-15-11-23(12-16(15)10-18)20(24)13-22-8-2-3-14-9-17(21)5-7-19(14)22/h4-7,9-10H,2-3,8,11-13H2,1H3. The predicted octanol–water partition coefficient (Wildman–Crippen LogP) is 4.29. The lowest BCUT2D eigenvalue weighted by Crippen LogP contribution is -2.40. The van der Waals surface area contributed by atoms with Crippen LogP contribution in [-0.2, 0) is 28.5 Å². The molecular weight excluding hydrogens is 368 g/mol. The van der Waals surface area contributed by atoms with E-state index in [1.807, 2.05) is 29.2 Å². The number of carbonyl (C=O) groups excluding carboxylic acids is 1. The molecule has 0 unspecified atom stereocenters. The summed E-state index contributed by atoms with van der Waals surface area (Å²) in [6, 6.07) is 12.2. The van der Waals surface area contributed by atoms with Crippen LogP contribution in [0.4, 0.5) is 5.69 Å². The molecule has 0 radical (unpaired) electrons. The molecule has 2 aliphatic heterocycles. The third-order valence-corrected chi connectivity index (χ3v) is 5.86. The number of amides is 1. The minimum atomic E-state index is 0.171. The van der Waals surface area contributed by atoms with Gasteiger partial charge in [0.25, 0.3) is 0 Å². The van der Waals surface area contributed by atoms with Gasteiger partial charge in [0.15, 0.2) is 0 Å². The number of carbonyl (C=O) groups is 1. The average Bonchev–Trinajstić information content (AvgIpc) is 3.05. The van der Waals surface area contributed by atoms with E-state index < -0.39 is 0 Å². The van der Waals surface area contributed by atoms with Crippen LogP contribution >= 0.6 is 23.6 Å². The lowest BCUT2D eigenvalue weighted by Gasteiger charge is -2.32. The summed E-state index contributed by atoms with van der Waals surface area (Å²) in [4.78, 5) is 18.1. The largest absolute Gasteiger partial charge is 0.362 e. The van der Waals surface area contributed by atoms with Gasteiger partial charge < -0.3 is 14.0 Å². The van der Waals surface area contributed by atoms with Crippen LogP contribution in [0, 0.1) is 0 Å². The first-order valence-corrected chi connectivity index (χ1v) is 9.89. The topological polar surface area (TPSA) is 32.8 Å². The van der Waals surface area contributed by atoms with E-state index in [4.69, 9.17) is 15.8 Å². The van der Waals surface area contributed by atoms with Crippen LogP contribution in [0.1, 0.15) is 23.1 Å². The molecule has 2 aliphatic rings. The van der Waals surface area contributed by atoms with Gasteiger partial charge >= 0.3 is 0 Å². The molecule has 6 heteroatoms. The predicted molar refractivity (Wildman–Crippen MR) is 106 cm³/mol. The Morgan fingerprint density at radius 2 is 2.00 bits per heavy atom. The zero-order valence-electron chi connectivity index (χ0n) is 14.7. The summed E-state index contributed by atoms with van der Waals surface area (Å²) in [5.41, 5.74) is 4.82. The molecule has 2 heterocycles. The van der Waals surface area contributed by atoms with Gasteiger partial charge in [-0.2, -0.15) is 0 Å². The Labute approximate surface area is 163 Å². The van der Waals surface area contributed by atoms with Crippen LogP contribution in [-0.4, -0.2) is 31.0 Å². The second-order valence-electron chi connectivity index (χ2n) is 6.73. The molecule has 2 aromatic rings. The Bertz CT molecular complexity index is 843. The van der Waals surface area contributed by atoms with Gasteiger partial charge in [0.1, 0.15) is 0 Å². The maximum atomic E-state index is 12.9. The third kappa shape index (κ3) is 3.56. The number of nitrogens with zero attached hydrogens (tertiary/aromatic N) is 2. The Morgan fingerprint density at radius 3 is 2.85 bits per heavy atom. The molecule has 0 spiro atoms. The summed E-state index contributed by atoms with van der Waals surface area (Å²) in [6.07, 6.45) is 2.08. The fraction of sp³-hybridized carbons (Fsp3) is 0.350. The molecule has 26 heavy (non-hydrogen) atoms. The fourth-order valence-corrected chi connectivity index (χ4v) is 4.47. The Morgan fingerprint density at radius 1 is 1.15 bits per heavy atom. The van der Waals surface area contributed by atoms with Crippen molar-refractivity contribution in [3.05, 3.63) is 58.1 Å². The van der Waals surface area contributed by atoms with Crippen LogP contribution in [0.25, 0.3) is 0 Å². The lowest BCUT2D eigenvalue weighted by molar-refractivity contribution is -0.130. The number of benzene rings is 2. The highest BCUT2D eigenvalue weighted by Gasteiger charge is 2.26. The van der Waals surface area contributed by atoms with Crippen molar-refractivity contribution in [1.29, 1.82) is 0 Å². The highest BCUT2D eigenvalue weighted by molar-refractivity contribution is 7.94. The molecule has 0 atom stereocenters. The zero-order chi connectivity index (χ0) is 18.1. The molecule has 4 nitrogen and oxygen atoms in total. The van der Waals surface area contributed by atoms with Gasteiger partial charge in [0, 0.05) is 47.3 Å². The van der Waals surface area contributed by atoms with Crippen molar-refractivity contribution in [3.8, 4) is 0 Å². The van der Waals surface area contributed by atoms with Gasteiger partial charge in [-0.3, -0.25) is 4.79 Å². The second kappa shape index (κ2) is 7.51. The van der Waals surface area contributed by atoms with Crippen molar-refractivity contribution in [1.82, 2.24) is 4.90 Å². The molecule has 0 aliphatic carbocycles. The molecule has 136 valence electrons. The van der Waals surface area contributed by atoms with E-state index in [0.717, 1.165) is 35.0 Å². The molecule has 0 aromatic heterocycles. The molecule has 0 saturated heterocycles. The minimum Gasteiger partial charge on any atom is -0.362 e. The summed E-state index contributed by atoms with van der Waals surface area (Å²) in [5.74, 6) is 0.171. The Balaban J connectivity index is 1.45. The number of halogens is 1. The SMILES string of the molecule is COSc1ccc2c(c1)CN(C(=O)CN1CCCc3cc(Cl)ccc31)C2. The van der Waals surface area contributed by atoms with Gasteiger partial charge in [-0.1, -0.05) is 17.7 Å². The summed E-state index contributed by atoms with van der Waals surface area (Å²) < 4.78 is 5.12. The number of hydrogen-bond acceptors (Lipinski definition) is 4. The van der Waals surface area contributed by atoms with Crippen molar-refractivity contribution in [2.45, 2.75) is 30.8 Å². The smallest absolute Gasteiger partial charge is 0.242 e. The van der Waals surface area contributed by atoms with Gasteiger partial charge in [-0.25, -0.2) is 0 Å². The molecule has 1 amide bonds. The van der Waals surface area contributed by atoms with Crippen molar-refractivity contribution in [3.63, 3.8) is 0 Å². The minimum absolute atomic E-state index is 0.171. The van der Waals surface area contributed by atoms with Crippen molar-refractivity contribution < 1.29 is 8.98 Å². The van der Waals surface area contributed by atoms with E-state index in [2.05, 4.69) is 17.0 Å². The van der Waals surface area contributed by atoms with Gasteiger partial charge in [0.2, 0.25) is 5.91 Å². The first-order chi connectivity index (χ1) is 12.6. The van der Waals surface area contributed by atoms with E-state index in [0.29, 0.717) is 19.6 Å². The van der Waals surface area contributed by atoms with Gasteiger partial charge in [-0.15, -0.1) is 0 Å². The molecule has 0 fully saturated rings. The molecule has 4 rings (SSSR count). The summed E-state index contributed by atoms with van der Waals surface area (Å²) in [6.45, 7) is 2.69. The first-order valence-electron chi connectivity index (χ1n) is 8.77. The molecule has 0 N–H and O–H groups in total. The lowest BCUT2D eigenvalue weighted by atomic mass is 10.0. The number of aryl methyl sites for hydroxylation is 1. The highest BCUT2D eigenvalue weighted by Crippen LogP contribution is 2.31. The number of rotatable bonds is 4. The number of hydrogen-bond donors (Lipinski definition) is 0. The van der Waals surface area contributed by atoms with E-state index in [-0.39, 0.29) is 5.91 Å². The van der Waals surface area contributed by atoms with E-state index >= 15 is 0 Å². The Kier molecular flexibility index (Phi) is 5.11. The van der Waals surface area contributed by atoms with Crippen LogP contribution < -0.4 is 4.90 Å². The third-order valence-electron chi connectivity index (χ3n) is 5.01. The zero-order valence-corrected chi connectivity index (χ0v) is 16.3. The quantitative estimate of drug-likeness (QED) is 0.731. The van der Waals surface area contributed by atoms with Gasteiger partial charge in [-0.05, 0) is 59.9 Å². The van der Waals surface area contributed by atoms with Crippen LogP contribution in [0.2, 0.25) is 5.02 Å². The maximum absolute atomic E-state index is 12.9. The summed E-state index contributed by atoms with van der Waals surface area (Å²) in [7, 11) is 1.66. The van der Waals surface area contributed by atoms with Crippen LogP contribution in [0.3, 0.4) is 0 Å². The van der Waals surface area contributed by atoms with Crippen molar-refractivity contribution >= 4 is 35.2 Å². The fourth-order valence-electron chi connectivity index (χ4n) is 3.77. The monoisotopic (exact) mass is 388 g/mol. The highest BCUT2D eigenvalue weighted by atomic mass is 35.5. The van der Waals surface area contributed by atoms with E-state index in [1.165, 1.54) is 28.7 Å². The normalized spacial score (nSPS) is 15.8. The molecule has 2 aromatic carbocycles. The molecular formula is C20H21ClN2O2S. The van der Waals surface area contributed by atoms with Crippen molar-refractivity contribution in [2.75, 3.05) is 25.1 Å². The van der Waals surface area contributed by atoms with E-state index in [9.17, 15) is 4.79 Å². The summed E-state index contributed by atoms with van der Waals surface area (Å²) >= 11 is 7.47. The number of fused-ring (bicyclic) bond motifs is 2. The van der Waals surface area contributed by atoms with Crippen molar-refractivity contribution in [2.24, 2.45) is 0 Å². The molecule has 0 saturated carbocycles. The molecule has 0 bridgehead atoms. The maximum Gasteiger partial charge on any atom is 0.242 e. The van der Waals surface area contributed by atoms with Gasteiger partial charge in [0.05, 0.1) is 13.7 Å². The van der Waals surface area contributed by atoms with Crippen LogP contribution in [0.5, 0.6) is 0 Å². The second-order valence-corrected chi connectivity index (χ2v) is 8.14. The number of anilines is 1. The first kappa shape index (κ1) is 17.7. The van der Waals surface area contributed by atoms with E-state index in [1.54, 1.807) is 7.11 Å². The van der Waals surface area contributed by atoms with Crippen LogP contribution in [0.15, 0.2) is 41.3 Å².